The van der Waals surface area contributed by atoms with Crippen LogP contribution in [0.4, 0.5) is 0 Å². The number of carbonyl (C=O) groups is 1. The molecule has 0 saturated carbocycles. The van der Waals surface area contributed by atoms with Gasteiger partial charge < -0.3 is 9.64 Å². The first-order valence-corrected chi connectivity index (χ1v) is 9.77. The summed E-state index contributed by atoms with van der Waals surface area (Å²) in [6, 6.07) is 18.5. The van der Waals surface area contributed by atoms with Gasteiger partial charge in [-0.25, -0.2) is 0 Å². The highest BCUT2D eigenvalue weighted by Gasteiger charge is 2.35. The van der Waals surface area contributed by atoms with Gasteiger partial charge in [0.15, 0.2) is 0 Å². The van der Waals surface area contributed by atoms with Gasteiger partial charge in [-0.15, -0.1) is 0 Å². The highest BCUT2D eigenvalue weighted by atomic mass is 16.5. The summed E-state index contributed by atoms with van der Waals surface area (Å²) < 4.78 is 5.32. The van der Waals surface area contributed by atoms with Crippen LogP contribution in [0.15, 0.2) is 54.6 Å². The fourth-order valence-electron chi connectivity index (χ4n) is 3.98. The molecule has 4 nitrogen and oxygen atoms in total. The Hall–Kier alpha value is -2.33. The molecule has 2 aromatic rings. The van der Waals surface area contributed by atoms with Gasteiger partial charge in [-0.3, -0.25) is 9.69 Å². The lowest BCUT2D eigenvalue weighted by Gasteiger charge is -2.38. The summed E-state index contributed by atoms with van der Waals surface area (Å²) in [6.07, 6.45) is 4.58. The molecular weight excluding hydrogens is 336 g/mol. The summed E-state index contributed by atoms with van der Waals surface area (Å²) >= 11 is 0. The van der Waals surface area contributed by atoms with Crippen LogP contribution in [0.25, 0.3) is 0 Å². The maximum absolute atomic E-state index is 13.2. The van der Waals surface area contributed by atoms with E-state index in [4.69, 9.17) is 4.74 Å². The standard InChI is InChI=1S/C23H30N2O2/c1-24(2)23(26)22(19-10-6-4-7-11-19)25-17-9-5-8-12-21(25)18-13-15-20(27-3)16-14-18/h4,6-7,10-11,13-16,21-22H,5,8-9,12,17H2,1-3H3/t21-,22-/m0/s1. The number of likely N-dealkylation sites (N-methyl/N-ethyl adjacent to an activating group) is 1. The lowest BCUT2D eigenvalue weighted by atomic mass is 9.96. The van der Waals surface area contributed by atoms with E-state index in [0.29, 0.717) is 0 Å². The van der Waals surface area contributed by atoms with Crippen LogP contribution in [-0.4, -0.2) is 43.5 Å². The Morgan fingerprint density at radius 2 is 1.74 bits per heavy atom. The maximum Gasteiger partial charge on any atom is 0.244 e. The molecule has 0 spiro atoms. The van der Waals surface area contributed by atoms with Crippen LogP contribution in [0.1, 0.15) is 48.9 Å². The molecule has 27 heavy (non-hydrogen) atoms. The zero-order chi connectivity index (χ0) is 19.2. The van der Waals surface area contributed by atoms with Crippen LogP contribution >= 0.6 is 0 Å². The van der Waals surface area contributed by atoms with E-state index in [1.165, 1.54) is 18.4 Å². The van der Waals surface area contributed by atoms with Gasteiger partial charge in [0.25, 0.3) is 0 Å². The molecule has 1 amide bonds. The Kier molecular flexibility index (Phi) is 6.51. The van der Waals surface area contributed by atoms with E-state index in [2.05, 4.69) is 29.2 Å². The number of rotatable bonds is 5. The Labute approximate surface area is 162 Å². The summed E-state index contributed by atoms with van der Waals surface area (Å²) in [6.45, 7) is 0.926. The number of likely N-dealkylation sites (tertiary alicyclic amines) is 1. The number of carbonyl (C=O) groups excluding carboxylic acids is 1. The number of hydrogen-bond acceptors (Lipinski definition) is 3. The van der Waals surface area contributed by atoms with Gasteiger partial charge in [-0.2, -0.15) is 0 Å². The van der Waals surface area contributed by atoms with Gasteiger partial charge in [0.05, 0.1) is 7.11 Å². The molecule has 1 heterocycles. The summed E-state index contributed by atoms with van der Waals surface area (Å²) in [4.78, 5) is 17.3. The quantitative estimate of drug-likeness (QED) is 0.784. The average molecular weight is 367 g/mol. The second kappa shape index (κ2) is 9.05. The van der Waals surface area contributed by atoms with E-state index in [0.717, 1.165) is 30.7 Å². The second-order valence-corrected chi connectivity index (χ2v) is 7.42. The van der Waals surface area contributed by atoms with Crippen LogP contribution < -0.4 is 4.74 Å². The number of amides is 1. The van der Waals surface area contributed by atoms with Gasteiger partial charge in [0.1, 0.15) is 11.8 Å². The molecule has 1 fully saturated rings. The molecule has 2 aromatic carbocycles. The smallest absolute Gasteiger partial charge is 0.244 e. The van der Waals surface area contributed by atoms with Crippen LogP contribution in [0, 0.1) is 0 Å². The Morgan fingerprint density at radius 1 is 1.04 bits per heavy atom. The van der Waals surface area contributed by atoms with Crippen molar-refractivity contribution in [3.8, 4) is 5.75 Å². The highest BCUT2D eigenvalue weighted by molar-refractivity contribution is 5.83. The van der Waals surface area contributed by atoms with E-state index in [9.17, 15) is 4.79 Å². The van der Waals surface area contributed by atoms with Crippen LogP contribution in [-0.2, 0) is 4.79 Å². The predicted octanol–water partition coefficient (Wildman–Crippen LogP) is 4.44. The van der Waals surface area contributed by atoms with E-state index in [1.807, 2.05) is 44.4 Å². The Bertz CT molecular complexity index is 728. The Balaban J connectivity index is 2.01. The van der Waals surface area contributed by atoms with Crippen molar-refractivity contribution in [2.24, 2.45) is 0 Å². The summed E-state index contributed by atoms with van der Waals surface area (Å²) in [5.74, 6) is 1.00. The molecule has 2 atom stereocenters. The van der Waals surface area contributed by atoms with Crippen LogP contribution in [0.5, 0.6) is 5.75 Å². The zero-order valence-electron chi connectivity index (χ0n) is 16.6. The zero-order valence-corrected chi connectivity index (χ0v) is 16.6. The molecule has 3 rings (SSSR count). The fraction of sp³-hybridized carbons (Fsp3) is 0.435. The minimum atomic E-state index is -0.258. The molecule has 0 unspecified atom stereocenters. The average Bonchev–Trinajstić information content (AvgIpc) is 2.95. The largest absolute Gasteiger partial charge is 0.497 e. The summed E-state index contributed by atoms with van der Waals surface area (Å²) in [5, 5.41) is 0. The molecular formula is C23H30N2O2. The van der Waals surface area contributed by atoms with E-state index >= 15 is 0 Å². The molecule has 144 valence electrons. The lowest BCUT2D eigenvalue weighted by molar-refractivity contribution is -0.135. The van der Waals surface area contributed by atoms with Crippen LogP contribution in [0.3, 0.4) is 0 Å². The first kappa shape index (κ1) is 19.4. The van der Waals surface area contributed by atoms with Crippen molar-refractivity contribution in [3.63, 3.8) is 0 Å². The Morgan fingerprint density at radius 3 is 2.37 bits per heavy atom. The van der Waals surface area contributed by atoms with E-state index in [-0.39, 0.29) is 18.0 Å². The molecule has 0 aliphatic carbocycles. The normalized spacial score (nSPS) is 19.1. The third kappa shape index (κ3) is 4.51. The molecule has 1 aliphatic heterocycles. The molecule has 0 aromatic heterocycles. The van der Waals surface area contributed by atoms with Crippen molar-refractivity contribution in [3.05, 3.63) is 65.7 Å². The van der Waals surface area contributed by atoms with Gasteiger partial charge in [0.2, 0.25) is 5.91 Å². The van der Waals surface area contributed by atoms with Gasteiger partial charge in [0, 0.05) is 20.1 Å². The van der Waals surface area contributed by atoms with Crippen LogP contribution in [0.2, 0.25) is 0 Å². The SMILES string of the molecule is COc1ccc([C@@H]2CCCCCN2[C@H](C(=O)N(C)C)c2ccccc2)cc1. The van der Waals surface area contributed by atoms with Gasteiger partial charge in [-0.05, 0) is 42.6 Å². The van der Waals surface area contributed by atoms with Crippen molar-refractivity contribution >= 4 is 5.91 Å². The first-order valence-electron chi connectivity index (χ1n) is 9.77. The minimum Gasteiger partial charge on any atom is -0.497 e. The molecule has 4 heteroatoms. The summed E-state index contributed by atoms with van der Waals surface area (Å²) in [5.41, 5.74) is 2.32. The number of hydrogen-bond donors (Lipinski definition) is 0. The van der Waals surface area contributed by atoms with Crippen molar-refractivity contribution in [1.29, 1.82) is 0 Å². The molecule has 0 N–H and O–H groups in total. The third-order valence-corrected chi connectivity index (χ3v) is 5.42. The van der Waals surface area contributed by atoms with Gasteiger partial charge >= 0.3 is 0 Å². The van der Waals surface area contributed by atoms with E-state index in [1.54, 1.807) is 12.0 Å². The predicted molar refractivity (Wildman–Crippen MR) is 109 cm³/mol. The monoisotopic (exact) mass is 366 g/mol. The first-order chi connectivity index (χ1) is 13.1. The topological polar surface area (TPSA) is 32.8 Å². The summed E-state index contributed by atoms with van der Waals surface area (Å²) in [7, 11) is 5.38. The third-order valence-electron chi connectivity index (χ3n) is 5.42. The fourth-order valence-corrected chi connectivity index (χ4v) is 3.98. The van der Waals surface area contributed by atoms with Crippen molar-refractivity contribution in [2.45, 2.75) is 37.8 Å². The minimum absolute atomic E-state index is 0.140. The maximum atomic E-state index is 13.2. The number of nitrogens with zero attached hydrogens (tertiary/aromatic N) is 2. The molecule has 0 bridgehead atoms. The second-order valence-electron chi connectivity index (χ2n) is 7.42. The number of methoxy groups -OCH3 is 1. The molecule has 0 radical (unpaired) electrons. The van der Waals surface area contributed by atoms with E-state index < -0.39 is 0 Å². The van der Waals surface area contributed by atoms with Crippen molar-refractivity contribution in [2.75, 3.05) is 27.7 Å². The highest BCUT2D eigenvalue weighted by Crippen LogP contribution is 2.38. The molecule has 1 aliphatic rings. The number of benzene rings is 2. The van der Waals surface area contributed by atoms with Gasteiger partial charge in [-0.1, -0.05) is 55.3 Å². The lowest BCUT2D eigenvalue weighted by Crippen LogP contribution is -2.42. The number of ether oxygens (including phenoxy) is 1. The molecule has 1 saturated heterocycles. The van der Waals surface area contributed by atoms with Crippen molar-refractivity contribution in [1.82, 2.24) is 9.80 Å². The van der Waals surface area contributed by atoms with Crippen molar-refractivity contribution < 1.29 is 9.53 Å².